The number of amides is 1. The van der Waals surface area contributed by atoms with Crippen LogP contribution in [0.25, 0.3) is 21.7 Å². The van der Waals surface area contributed by atoms with Gasteiger partial charge < -0.3 is 4.42 Å². The normalized spacial score (nSPS) is 11.5. The molecule has 0 spiro atoms. The van der Waals surface area contributed by atoms with Crippen molar-refractivity contribution in [1.29, 1.82) is 0 Å². The monoisotopic (exact) mass is 398 g/mol. The molecule has 0 saturated heterocycles. The molecule has 24 heavy (non-hydrogen) atoms. The Balaban J connectivity index is 1.60. The smallest absolute Gasteiger partial charge is 0.307 e. The summed E-state index contributed by atoms with van der Waals surface area (Å²) >= 11 is 4.92. The van der Waals surface area contributed by atoms with Crippen molar-refractivity contribution in [1.82, 2.24) is 5.43 Å². The lowest BCUT2D eigenvalue weighted by Gasteiger charge is -1.96. The van der Waals surface area contributed by atoms with Gasteiger partial charge in [-0.15, -0.1) is 11.3 Å². The Kier molecular flexibility index (Phi) is 3.92. The number of hydrazone groups is 1. The van der Waals surface area contributed by atoms with Crippen LogP contribution < -0.4 is 5.43 Å². The standard InChI is InChI=1S/C18H11BrN2O2S/c19-17-8-6-12(24-17)10-20-21-18(22)16-9-14-13-4-2-1-3-11(13)5-7-15(14)23-16/h1-10H,(H,21,22). The maximum absolute atomic E-state index is 12.2. The number of hydrogen-bond acceptors (Lipinski definition) is 4. The van der Waals surface area contributed by atoms with Crippen molar-refractivity contribution in [3.8, 4) is 0 Å². The predicted molar refractivity (Wildman–Crippen MR) is 101 cm³/mol. The molecular formula is C18H11BrN2O2S. The van der Waals surface area contributed by atoms with Crippen molar-refractivity contribution < 1.29 is 9.21 Å². The van der Waals surface area contributed by atoms with Gasteiger partial charge in [0.25, 0.3) is 0 Å². The second kappa shape index (κ2) is 6.22. The van der Waals surface area contributed by atoms with Gasteiger partial charge in [-0.2, -0.15) is 5.10 Å². The first-order valence-corrected chi connectivity index (χ1v) is 8.82. The zero-order valence-electron chi connectivity index (χ0n) is 12.3. The molecule has 0 aliphatic heterocycles. The number of halogens is 1. The first-order valence-electron chi connectivity index (χ1n) is 7.21. The third kappa shape index (κ3) is 2.86. The van der Waals surface area contributed by atoms with Gasteiger partial charge in [0, 0.05) is 10.3 Å². The molecular weight excluding hydrogens is 388 g/mol. The van der Waals surface area contributed by atoms with E-state index in [1.807, 2.05) is 48.5 Å². The first kappa shape index (κ1) is 15.1. The molecule has 4 nitrogen and oxygen atoms in total. The van der Waals surface area contributed by atoms with Crippen LogP contribution in [0.2, 0.25) is 0 Å². The van der Waals surface area contributed by atoms with E-state index in [9.17, 15) is 4.79 Å². The SMILES string of the molecule is O=C(NN=Cc1ccc(Br)s1)c1cc2c(ccc3ccccc32)o1. The third-order valence-corrected chi connectivity index (χ3v) is 5.16. The second-order valence-electron chi connectivity index (χ2n) is 5.15. The largest absolute Gasteiger partial charge is 0.451 e. The van der Waals surface area contributed by atoms with Crippen LogP contribution in [0.4, 0.5) is 0 Å². The molecule has 0 atom stereocenters. The molecule has 118 valence electrons. The first-order chi connectivity index (χ1) is 11.7. The average molecular weight is 399 g/mol. The van der Waals surface area contributed by atoms with Crippen molar-refractivity contribution in [2.75, 3.05) is 0 Å². The Hall–Kier alpha value is -2.44. The molecule has 0 saturated carbocycles. The molecule has 0 unspecified atom stereocenters. The van der Waals surface area contributed by atoms with Crippen molar-refractivity contribution >= 4 is 61.1 Å². The van der Waals surface area contributed by atoms with E-state index in [1.54, 1.807) is 12.3 Å². The fourth-order valence-corrected chi connectivity index (χ4v) is 3.81. The third-order valence-electron chi connectivity index (χ3n) is 3.60. The minimum absolute atomic E-state index is 0.242. The minimum atomic E-state index is -0.373. The predicted octanol–water partition coefficient (Wildman–Crippen LogP) is 5.17. The molecule has 0 bridgehead atoms. The van der Waals surface area contributed by atoms with Crippen molar-refractivity contribution in [2.45, 2.75) is 0 Å². The summed E-state index contributed by atoms with van der Waals surface area (Å²) in [5, 5.41) is 7.06. The van der Waals surface area contributed by atoms with Gasteiger partial charge in [0.05, 0.1) is 10.0 Å². The summed E-state index contributed by atoms with van der Waals surface area (Å²) in [6.45, 7) is 0. The molecule has 6 heteroatoms. The molecule has 0 aliphatic rings. The van der Waals surface area contributed by atoms with Gasteiger partial charge in [-0.25, -0.2) is 5.43 Å². The van der Waals surface area contributed by atoms with Gasteiger partial charge in [0.2, 0.25) is 0 Å². The summed E-state index contributed by atoms with van der Waals surface area (Å²) < 4.78 is 6.67. The molecule has 0 radical (unpaired) electrons. The van der Waals surface area contributed by atoms with Crippen LogP contribution in [0.3, 0.4) is 0 Å². The number of rotatable bonds is 3. The van der Waals surface area contributed by atoms with Crippen LogP contribution in [-0.2, 0) is 0 Å². The molecule has 0 fully saturated rings. The zero-order valence-corrected chi connectivity index (χ0v) is 14.7. The summed E-state index contributed by atoms with van der Waals surface area (Å²) in [7, 11) is 0. The second-order valence-corrected chi connectivity index (χ2v) is 7.64. The lowest BCUT2D eigenvalue weighted by molar-refractivity contribution is 0.0929. The van der Waals surface area contributed by atoms with Crippen LogP contribution in [0.1, 0.15) is 15.4 Å². The van der Waals surface area contributed by atoms with E-state index in [0.29, 0.717) is 5.58 Å². The molecule has 0 aliphatic carbocycles. The molecule has 1 N–H and O–H groups in total. The van der Waals surface area contributed by atoms with E-state index in [0.717, 1.165) is 24.8 Å². The van der Waals surface area contributed by atoms with Crippen molar-refractivity contribution in [2.24, 2.45) is 5.10 Å². The highest BCUT2D eigenvalue weighted by atomic mass is 79.9. The summed E-state index contributed by atoms with van der Waals surface area (Å²) in [4.78, 5) is 13.2. The number of nitrogens with zero attached hydrogens (tertiary/aromatic N) is 1. The lowest BCUT2D eigenvalue weighted by atomic mass is 10.1. The molecule has 2 aromatic carbocycles. The number of fused-ring (bicyclic) bond motifs is 3. The molecule has 4 aromatic rings. The maximum atomic E-state index is 12.2. The highest BCUT2D eigenvalue weighted by Crippen LogP contribution is 2.28. The summed E-state index contributed by atoms with van der Waals surface area (Å²) in [5.74, 6) is -0.131. The number of furan rings is 1. The molecule has 2 heterocycles. The fraction of sp³-hybridized carbons (Fsp3) is 0. The van der Waals surface area contributed by atoms with Gasteiger partial charge in [-0.1, -0.05) is 30.3 Å². The van der Waals surface area contributed by atoms with Crippen LogP contribution in [0.5, 0.6) is 0 Å². The van der Waals surface area contributed by atoms with Gasteiger partial charge >= 0.3 is 5.91 Å². The Labute approximate surface area is 149 Å². The Morgan fingerprint density at radius 2 is 2.00 bits per heavy atom. The average Bonchev–Trinajstić information content (AvgIpc) is 3.21. The van der Waals surface area contributed by atoms with Gasteiger partial charge in [0.1, 0.15) is 5.58 Å². The highest BCUT2D eigenvalue weighted by Gasteiger charge is 2.13. The summed E-state index contributed by atoms with van der Waals surface area (Å²) in [6, 6.07) is 17.5. The molecule has 2 aromatic heterocycles. The van der Waals surface area contributed by atoms with Crippen LogP contribution in [-0.4, -0.2) is 12.1 Å². The van der Waals surface area contributed by atoms with E-state index in [2.05, 4.69) is 26.5 Å². The van der Waals surface area contributed by atoms with E-state index < -0.39 is 0 Å². The topological polar surface area (TPSA) is 54.6 Å². The van der Waals surface area contributed by atoms with Crippen LogP contribution >= 0.6 is 27.3 Å². The van der Waals surface area contributed by atoms with E-state index in [1.165, 1.54) is 11.3 Å². The number of nitrogens with one attached hydrogen (secondary N) is 1. The number of benzene rings is 2. The quantitative estimate of drug-likeness (QED) is 0.382. The number of hydrogen-bond donors (Lipinski definition) is 1. The Morgan fingerprint density at radius 3 is 2.83 bits per heavy atom. The number of thiophene rings is 1. The van der Waals surface area contributed by atoms with E-state index in [4.69, 9.17) is 4.42 Å². The van der Waals surface area contributed by atoms with Crippen molar-refractivity contribution in [3.05, 3.63) is 69.0 Å². The van der Waals surface area contributed by atoms with Gasteiger partial charge in [-0.3, -0.25) is 4.79 Å². The maximum Gasteiger partial charge on any atom is 0.307 e. The Morgan fingerprint density at radius 1 is 1.12 bits per heavy atom. The van der Waals surface area contributed by atoms with Crippen LogP contribution in [0, 0.1) is 0 Å². The number of carbonyl (C=O) groups is 1. The number of carbonyl (C=O) groups excluding carboxylic acids is 1. The fourth-order valence-electron chi connectivity index (χ4n) is 2.51. The zero-order chi connectivity index (χ0) is 16.5. The summed E-state index contributed by atoms with van der Waals surface area (Å²) in [6.07, 6.45) is 1.60. The van der Waals surface area contributed by atoms with Gasteiger partial charge in [0.15, 0.2) is 5.76 Å². The Bertz CT molecular complexity index is 1080. The summed E-state index contributed by atoms with van der Waals surface area (Å²) in [5.41, 5.74) is 3.18. The lowest BCUT2D eigenvalue weighted by Crippen LogP contribution is -2.16. The molecule has 1 amide bonds. The highest BCUT2D eigenvalue weighted by molar-refractivity contribution is 9.11. The molecule has 4 rings (SSSR count). The van der Waals surface area contributed by atoms with Gasteiger partial charge in [-0.05, 0) is 51.0 Å². The van der Waals surface area contributed by atoms with E-state index in [-0.39, 0.29) is 11.7 Å². The van der Waals surface area contributed by atoms with Crippen molar-refractivity contribution in [3.63, 3.8) is 0 Å². The minimum Gasteiger partial charge on any atom is -0.451 e. The van der Waals surface area contributed by atoms with Crippen LogP contribution in [0.15, 0.2) is 67.9 Å². The van der Waals surface area contributed by atoms with E-state index >= 15 is 0 Å².